The summed E-state index contributed by atoms with van der Waals surface area (Å²) in [5, 5.41) is 0. The fourth-order valence-electron chi connectivity index (χ4n) is 2.19. The molecule has 0 spiro atoms. The lowest BCUT2D eigenvalue weighted by atomic mass is 10.1. The van der Waals surface area contributed by atoms with Gasteiger partial charge in [-0.2, -0.15) is 0 Å². The third-order valence-corrected chi connectivity index (χ3v) is 5.20. The van der Waals surface area contributed by atoms with E-state index in [9.17, 15) is 0 Å². The summed E-state index contributed by atoms with van der Waals surface area (Å²) in [5.41, 5.74) is 3.65. The molecular formula is C15H13Cl2N2PS. The molecule has 2 nitrogen and oxygen atoms in total. The quantitative estimate of drug-likeness (QED) is 0.539. The van der Waals surface area contributed by atoms with E-state index < -0.39 is 6.78 Å². The minimum absolute atomic E-state index is 0.764. The number of para-hydroxylation sites is 1. The van der Waals surface area contributed by atoms with Gasteiger partial charge in [0.05, 0.1) is 16.8 Å². The second kappa shape index (κ2) is 6.50. The van der Waals surface area contributed by atoms with Gasteiger partial charge in [-0.3, -0.25) is 0 Å². The van der Waals surface area contributed by atoms with Gasteiger partial charge in [-0.25, -0.2) is 4.76 Å². The van der Waals surface area contributed by atoms with E-state index in [0.717, 1.165) is 16.9 Å². The van der Waals surface area contributed by atoms with Crippen molar-refractivity contribution in [2.45, 2.75) is 13.5 Å². The largest absolute Gasteiger partial charge is 0.312 e. The molecule has 3 rings (SSSR count). The monoisotopic (exact) mass is 354 g/mol. The van der Waals surface area contributed by atoms with Crippen LogP contribution in [0, 0.1) is 6.92 Å². The van der Waals surface area contributed by atoms with Crippen molar-refractivity contribution in [3.05, 3.63) is 64.5 Å². The number of hydrogen-bond donors (Lipinski definition) is 0. The van der Waals surface area contributed by atoms with Gasteiger partial charge in [0, 0.05) is 0 Å². The highest BCUT2D eigenvalue weighted by Crippen LogP contribution is 2.47. The van der Waals surface area contributed by atoms with Gasteiger partial charge in [-0.05, 0) is 24.6 Å². The number of nitrogens with zero attached hydrogens (tertiary/aromatic N) is 2. The van der Waals surface area contributed by atoms with Crippen molar-refractivity contribution in [3.8, 4) is 0 Å². The summed E-state index contributed by atoms with van der Waals surface area (Å²) in [6.45, 7) is 1.50. The summed E-state index contributed by atoms with van der Waals surface area (Å²) < 4.78 is 7.75. The predicted octanol–water partition coefficient (Wildman–Crippen LogP) is 5.66. The molecule has 108 valence electrons. The Morgan fingerprint density at radius 1 is 1.10 bits per heavy atom. The number of thiazole rings is 1. The number of aryl methyl sites for hydroxylation is 1. The van der Waals surface area contributed by atoms with Crippen LogP contribution in [-0.4, -0.2) is 4.57 Å². The number of fused-ring (bicyclic) bond motifs is 1. The van der Waals surface area contributed by atoms with Gasteiger partial charge in [-0.1, -0.05) is 75.8 Å². The van der Waals surface area contributed by atoms with Crippen LogP contribution in [0.4, 0.5) is 0 Å². The number of benzene rings is 2. The number of halogens is 2. The van der Waals surface area contributed by atoms with Gasteiger partial charge in [0.2, 0.25) is 6.78 Å². The molecule has 0 amide bonds. The Morgan fingerprint density at radius 3 is 2.52 bits per heavy atom. The molecule has 0 N–H and O–H groups in total. The zero-order chi connectivity index (χ0) is 14.8. The normalized spacial score (nSPS) is 12.5. The Morgan fingerprint density at radius 2 is 1.81 bits per heavy atom. The number of rotatable bonds is 3. The molecule has 0 aliphatic heterocycles. The standard InChI is InChI=1S/C15H13Cl2N2PS/c1-11-6-8-12(9-7-11)10-19-13-4-2-3-5-14(13)21-15(19)18-20(16)17/h2-9H,10H2,1H3. The molecule has 0 bridgehead atoms. The van der Waals surface area contributed by atoms with Crippen molar-refractivity contribution in [1.29, 1.82) is 0 Å². The lowest BCUT2D eigenvalue weighted by Gasteiger charge is -2.06. The molecule has 6 heteroatoms. The molecule has 21 heavy (non-hydrogen) atoms. The highest BCUT2D eigenvalue weighted by atomic mass is 35.9. The van der Waals surface area contributed by atoms with Crippen LogP contribution in [0.2, 0.25) is 0 Å². The summed E-state index contributed by atoms with van der Waals surface area (Å²) in [7, 11) is 0. The maximum atomic E-state index is 5.89. The Labute approximate surface area is 138 Å². The van der Waals surface area contributed by atoms with Crippen LogP contribution in [-0.2, 0) is 6.54 Å². The van der Waals surface area contributed by atoms with Gasteiger partial charge in [0.15, 0.2) is 4.80 Å². The highest BCUT2D eigenvalue weighted by Gasteiger charge is 2.07. The zero-order valence-electron chi connectivity index (χ0n) is 11.3. The van der Waals surface area contributed by atoms with Crippen molar-refractivity contribution in [2.24, 2.45) is 4.76 Å². The highest BCUT2D eigenvalue weighted by molar-refractivity contribution is 8.02. The first-order chi connectivity index (χ1) is 10.1. The fraction of sp³-hybridized carbons (Fsp3) is 0.133. The van der Waals surface area contributed by atoms with Crippen molar-refractivity contribution in [3.63, 3.8) is 0 Å². The van der Waals surface area contributed by atoms with Crippen molar-refractivity contribution >= 4 is 50.8 Å². The SMILES string of the molecule is Cc1ccc(Cn2c(=NP(Cl)Cl)sc3ccccc32)cc1. The topological polar surface area (TPSA) is 17.3 Å². The molecular weight excluding hydrogens is 342 g/mol. The van der Waals surface area contributed by atoms with E-state index in [4.69, 9.17) is 22.5 Å². The van der Waals surface area contributed by atoms with Crippen LogP contribution in [0.5, 0.6) is 0 Å². The van der Waals surface area contributed by atoms with Crippen molar-refractivity contribution in [2.75, 3.05) is 0 Å². The lowest BCUT2D eigenvalue weighted by Crippen LogP contribution is -2.14. The smallest absolute Gasteiger partial charge is 0.209 e. The van der Waals surface area contributed by atoms with Crippen LogP contribution in [0.25, 0.3) is 10.2 Å². The Balaban J connectivity index is 2.13. The Bertz CT molecular complexity index is 822. The second-order valence-electron chi connectivity index (χ2n) is 4.74. The summed E-state index contributed by atoms with van der Waals surface area (Å²) in [4.78, 5) is 0.868. The van der Waals surface area contributed by atoms with E-state index in [0.29, 0.717) is 0 Å². The van der Waals surface area contributed by atoms with Crippen LogP contribution >= 0.6 is 40.6 Å². The molecule has 0 saturated carbocycles. The van der Waals surface area contributed by atoms with Crippen LogP contribution in [0.15, 0.2) is 53.3 Å². The van der Waals surface area contributed by atoms with E-state index in [1.54, 1.807) is 11.3 Å². The first-order valence-corrected chi connectivity index (χ1v) is 10.4. The molecule has 0 radical (unpaired) electrons. The zero-order valence-corrected chi connectivity index (χ0v) is 14.6. The molecule has 0 aliphatic rings. The molecule has 2 aromatic carbocycles. The third kappa shape index (κ3) is 3.49. The van der Waals surface area contributed by atoms with Crippen LogP contribution < -0.4 is 4.80 Å². The summed E-state index contributed by atoms with van der Waals surface area (Å²) >= 11 is 13.4. The molecule has 1 heterocycles. The number of hydrogen-bond acceptors (Lipinski definition) is 2. The first kappa shape index (κ1) is 15.1. The van der Waals surface area contributed by atoms with Crippen LogP contribution in [0.1, 0.15) is 11.1 Å². The first-order valence-electron chi connectivity index (χ1n) is 6.44. The Hall–Kier alpha value is -0.860. The second-order valence-corrected chi connectivity index (χ2v) is 8.82. The molecule has 1 aromatic heterocycles. The maximum Gasteiger partial charge on any atom is 0.209 e. The molecule has 3 aromatic rings. The van der Waals surface area contributed by atoms with Gasteiger partial charge in [0.1, 0.15) is 0 Å². The molecule has 0 fully saturated rings. The minimum Gasteiger partial charge on any atom is -0.312 e. The van der Waals surface area contributed by atoms with Gasteiger partial charge in [0.25, 0.3) is 0 Å². The van der Waals surface area contributed by atoms with E-state index in [-0.39, 0.29) is 0 Å². The maximum absolute atomic E-state index is 5.89. The molecule has 0 saturated heterocycles. The van der Waals surface area contributed by atoms with E-state index in [2.05, 4.69) is 52.7 Å². The Kier molecular flexibility index (Phi) is 4.66. The van der Waals surface area contributed by atoms with E-state index in [1.165, 1.54) is 15.8 Å². The van der Waals surface area contributed by atoms with Crippen molar-refractivity contribution in [1.82, 2.24) is 4.57 Å². The summed E-state index contributed by atoms with van der Waals surface area (Å²) in [6.07, 6.45) is 0. The third-order valence-electron chi connectivity index (χ3n) is 3.21. The average Bonchev–Trinajstić information content (AvgIpc) is 2.78. The summed E-state index contributed by atoms with van der Waals surface area (Å²) in [5.74, 6) is 0. The van der Waals surface area contributed by atoms with Gasteiger partial charge >= 0.3 is 0 Å². The fourth-order valence-corrected chi connectivity index (χ4v) is 4.43. The molecule has 0 aliphatic carbocycles. The van der Waals surface area contributed by atoms with Crippen molar-refractivity contribution < 1.29 is 0 Å². The minimum atomic E-state index is -1.35. The number of aromatic nitrogens is 1. The molecule has 0 unspecified atom stereocenters. The lowest BCUT2D eigenvalue weighted by molar-refractivity contribution is 0.805. The van der Waals surface area contributed by atoms with E-state index in [1.807, 2.05) is 12.1 Å². The van der Waals surface area contributed by atoms with E-state index >= 15 is 0 Å². The van der Waals surface area contributed by atoms with Gasteiger partial charge < -0.3 is 4.57 Å². The van der Waals surface area contributed by atoms with Crippen LogP contribution in [0.3, 0.4) is 0 Å². The summed E-state index contributed by atoms with van der Waals surface area (Å²) in [6, 6.07) is 16.8. The predicted molar refractivity (Wildman–Crippen MR) is 94.3 cm³/mol. The van der Waals surface area contributed by atoms with Gasteiger partial charge in [-0.15, -0.1) is 0 Å². The molecule has 0 atom stereocenters. The average molecular weight is 355 g/mol.